The van der Waals surface area contributed by atoms with Crippen molar-refractivity contribution in [3.63, 3.8) is 0 Å². The maximum Gasteiger partial charge on any atom is 0.335 e. The third-order valence-corrected chi connectivity index (χ3v) is 16.8. The predicted molar refractivity (Wildman–Crippen MR) is 192 cm³/mol. The summed E-state index contributed by atoms with van der Waals surface area (Å²) in [5.41, 5.74) is 0.110. The molecule has 17 atom stereocenters. The van der Waals surface area contributed by atoms with Gasteiger partial charge in [-0.15, -0.1) is 0 Å². The largest absolute Gasteiger partial charge is 0.481 e. The number of aliphatic carboxylic acids is 2. The normalized spacial score (nSPS) is 52.4. The summed E-state index contributed by atoms with van der Waals surface area (Å²) in [7, 11) is 0. The number of aliphatic hydroxyl groups excluding tert-OH is 5. The van der Waals surface area contributed by atoms with Crippen LogP contribution in [0.3, 0.4) is 0 Å². The van der Waals surface area contributed by atoms with Crippen LogP contribution in [0.1, 0.15) is 113 Å². The Bertz CT molecular complexity index is 1510. The molecule has 54 heavy (non-hydrogen) atoms. The molecular weight excluding hydrogens is 700 g/mol. The van der Waals surface area contributed by atoms with Gasteiger partial charge >= 0.3 is 11.9 Å². The Morgan fingerprint density at radius 1 is 0.759 bits per heavy atom. The molecule has 2 heterocycles. The summed E-state index contributed by atoms with van der Waals surface area (Å²) in [6.45, 7) is 15.9. The van der Waals surface area contributed by atoms with Crippen molar-refractivity contribution in [2.24, 2.45) is 50.2 Å². The molecule has 0 amide bonds. The summed E-state index contributed by atoms with van der Waals surface area (Å²) in [6.07, 6.45) is -4.35. The first-order valence-corrected chi connectivity index (χ1v) is 20.2. The van der Waals surface area contributed by atoms with E-state index in [0.717, 1.165) is 51.4 Å². The van der Waals surface area contributed by atoms with Gasteiger partial charge in [0, 0.05) is 0 Å². The maximum absolute atomic E-state index is 13.0. The summed E-state index contributed by atoms with van der Waals surface area (Å²) in [5.74, 6) is -1.53. The molecule has 306 valence electrons. The second-order valence-electron chi connectivity index (χ2n) is 20.3. The van der Waals surface area contributed by atoms with Crippen molar-refractivity contribution in [2.75, 3.05) is 6.61 Å². The Kier molecular flexibility index (Phi) is 10.1. The SMILES string of the molecule is CC1(C)CC[C@]2(C(=O)O)CC[C@]3(C)C(=CCC4[C@@]5(C)CCC(OC6OC(C(=O)O)C(O)C(OC7OCC(O)C(O)C7O)C6O)C(C)(C)C5CC[C@]43C)C2C1. The van der Waals surface area contributed by atoms with Crippen molar-refractivity contribution in [2.45, 2.75) is 174 Å². The molecule has 0 aromatic heterocycles. The molecule has 0 bridgehead atoms. The van der Waals surface area contributed by atoms with Crippen LogP contribution in [-0.4, -0.2) is 116 Å². The van der Waals surface area contributed by atoms with Crippen LogP contribution in [0.25, 0.3) is 0 Å². The molecule has 0 aromatic rings. The first-order valence-electron chi connectivity index (χ1n) is 20.2. The van der Waals surface area contributed by atoms with Crippen molar-refractivity contribution in [1.29, 1.82) is 0 Å². The van der Waals surface area contributed by atoms with Gasteiger partial charge in [0.05, 0.1) is 18.1 Å². The molecule has 13 nitrogen and oxygen atoms in total. The number of hydrogen-bond donors (Lipinski definition) is 7. The number of hydrogen-bond acceptors (Lipinski definition) is 11. The first kappa shape index (κ1) is 40.5. The third kappa shape index (κ3) is 5.88. The second-order valence-corrected chi connectivity index (χ2v) is 20.3. The van der Waals surface area contributed by atoms with Gasteiger partial charge in [-0.1, -0.05) is 60.1 Å². The summed E-state index contributed by atoms with van der Waals surface area (Å²) in [4.78, 5) is 25.3. The minimum Gasteiger partial charge on any atom is -0.481 e. The molecule has 2 aliphatic heterocycles. The van der Waals surface area contributed by atoms with E-state index < -0.39 is 84.2 Å². The van der Waals surface area contributed by atoms with Gasteiger partial charge in [0.15, 0.2) is 18.7 Å². The van der Waals surface area contributed by atoms with E-state index in [-0.39, 0.29) is 40.1 Å². The van der Waals surface area contributed by atoms with E-state index in [2.05, 4.69) is 54.5 Å². The van der Waals surface area contributed by atoms with Crippen LogP contribution >= 0.6 is 0 Å². The van der Waals surface area contributed by atoms with Crippen LogP contribution in [0.2, 0.25) is 0 Å². The molecule has 0 aromatic carbocycles. The van der Waals surface area contributed by atoms with Gasteiger partial charge in [0.2, 0.25) is 0 Å². The average molecular weight is 765 g/mol. The highest BCUT2D eigenvalue weighted by Gasteiger charge is 2.69. The Morgan fingerprint density at radius 3 is 2.11 bits per heavy atom. The molecule has 2 saturated heterocycles. The lowest BCUT2D eigenvalue weighted by Crippen LogP contribution is -2.66. The zero-order valence-corrected chi connectivity index (χ0v) is 32.9. The molecule has 0 radical (unpaired) electrons. The van der Waals surface area contributed by atoms with Gasteiger partial charge < -0.3 is 54.7 Å². The number of aliphatic hydroxyl groups is 5. The van der Waals surface area contributed by atoms with Crippen LogP contribution in [0.4, 0.5) is 0 Å². The van der Waals surface area contributed by atoms with E-state index in [4.69, 9.17) is 18.9 Å². The fourth-order valence-corrected chi connectivity index (χ4v) is 13.4. The lowest BCUT2D eigenvalue weighted by Gasteiger charge is -2.71. The summed E-state index contributed by atoms with van der Waals surface area (Å²) in [5, 5.41) is 73.6. The Balaban J connectivity index is 1.13. The van der Waals surface area contributed by atoms with Gasteiger partial charge in [-0.25, -0.2) is 4.79 Å². The van der Waals surface area contributed by atoms with Crippen LogP contribution in [0, 0.1) is 50.2 Å². The number of ether oxygens (including phenoxy) is 4. The highest BCUT2D eigenvalue weighted by atomic mass is 16.7. The Labute approximate surface area is 318 Å². The van der Waals surface area contributed by atoms with Crippen molar-refractivity contribution in [1.82, 2.24) is 0 Å². The monoisotopic (exact) mass is 764 g/mol. The van der Waals surface area contributed by atoms with Gasteiger partial charge in [-0.3, -0.25) is 4.79 Å². The topological polar surface area (TPSA) is 213 Å². The lowest BCUT2D eigenvalue weighted by molar-refractivity contribution is -0.357. The van der Waals surface area contributed by atoms with Crippen molar-refractivity contribution >= 4 is 11.9 Å². The second kappa shape index (κ2) is 13.4. The smallest absolute Gasteiger partial charge is 0.335 e. The molecule has 6 fully saturated rings. The van der Waals surface area contributed by atoms with Crippen LogP contribution in [0.5, 0.6) is 0 Å². The van der Waals surface area contributed by atoms with E-state index in [1.165, 1.54) is 5.57 Å². The van der Waals surface area contributed by atoms with Crippen molar-refractivity contribution in [3.8, 4) is 0 Å². The summed E-state index contributed by atoms with van der Waals surface area (Å²) in [6, 6.07) is 0. The van der Waals surface area contributed by atoms with E-state index in [9.17, 15) is 45.3 Å². The van der Waals surface area contributed by atoms with Crippen LogP contribution < -0.4 is 0 Å². The molecule has 13 heteroatoms. The van der Waals surface area contributed by atoms with Gasteiger partial charge in [-0.05, 0) is 109 Å². The molecule has 7 rings (SSSR count). The van der Waals surface area contributed by atoms with E-state index >= 15 is 0 Å². The van der Waals surface area contributed by atoms with E-state index in [1.54, 1.807) is 0 Å². The standard InChI is InChI=1S/C41H64O13/c1-36(2)14-16-41(35(49)50)17-15-39(6)20(21(41)18-36)8-9-24-38(5)12-11-25(37(3,4)23(38)10-13-40(24,39)7)52-34-29(46)30(28(45)31(54-34)32(47)48)53-33-27(44)26(43)22(42)19-51-33/h8,21-31,33-34,42-46H,9-19H2,1-7H3,(H,47,48)(H,49,50)/t21?,22?,23?,24?,25?,26?,27?,28?,29?,30?,31?,33?,34?,38-,39+,40+,41-/m0/s1. The van der Waals surface area contributed by atoms with Crippen LogP contribution in [-0.2, 0) is 28.5 Å². The highest BCUT2D eigenvalue weighted by Crippen LogP contribution is 2.76. The minimum absolute atomic E-state index is 0.0359. The van der Waals surface area contributed by atoms with Gasteiger partial charge in [-0.2, -0.15) is 0 Å². The first-order chi connectivity index (χ1) is 25.0. The zero-order valence-electron chi connectivity index (χ0n) is 32.9. The Hall–Kier alpha value is -1.68. The summed E-state index contributed by atoms with van der Waals surface area (Å²) >= 11 is 0. The number of rotatable bonds is 6. The third-order valence-electron chi connectivity index (χ3n) is 16.8. The molecule has 13 unspecified atom stereocenters. The van der Waals surface area contributed by atoms with E-state index in [0.29, 0.717) is 18.8 Å². The lowest BCUT2D eigenvalue weighted by atomic mass is 9.33. The predicted octanol–water partition coefficient (Wildman–Crippen LogP) is 3.61. The zero-order chi connectivity index (χ0) is 39.6. The van der Waals surface area contributed by atoms with Crippen molar-refractivity contribution < 1.29 is 64.3 Å². The number of allylic oxidation sites excluding steroid dienone is 2. The number of carboxylic acids is 2. The van der Waals surface area contributed by atoms with Gasteiger partial charge in [0.1, 0.15) is 36.6 Å². The molecule has 4 saturated carbocycles. The summed E-state index contributed by atoms with van der Waals surface area (Å²) < 4.78 is 23.3. The number of carbonyl (C=O) groups is 2. The molecular formula is C41H64O13. The molecule has 5 aliphatic carbocycles. The highest BCUT2D eigenvalue weighted by molar-refractivity contribution is 5.76. The molecule has 7 aliphatic rings. The van der Waals surface area contributed by atoms with Crippen molar-refractivity contribution in [3.05, 3.63) is 11.6 Å². The fourth-order valence-electron chi connectivity index (χ4n) is 13.4. The number of fused-ring (bicyclic) bond motifs is 7. The van der Waals surface area contributed by atoms with E-state index in [1.807, 2.05) is 0 Å². The van der Waals surface area contributed by atoms with Gasteiger partial charge in [0.25, 0.3) is 0 Å². The average Bonchev–Trinajstić information content (AvgIpc) is 3.08. The number of carboxylic acid groups (broad SMARTS) is 2. The quantitative estimate of drug-likeness (QED) is 0.152. The molecule has 0 spiro atoms. The van der Waals surface area contributed by atoms with Crippen LogP contribution in [0.15, 0.2) is 11.6 Å². The minimum atomic E-state index is -1.86. The Morgan fingerprint density at radius 2 is 1.44 bits per heavy atom. The fraction of sp³-hybridized carbons (Fsp3) is 0.902. The molecule has 7 N–H and O–H groups in total. The maximum atomic E-state index is 13.0.